The lowest BCUT2D eigenvalue weighted by Gasteiger charge is -2.30. The van der Waals surface area contributed by atoms with Gasteiger partial charge < -0.3 is 18.9 Å². The second kappa shape index (κ2) is 11.4. The SMILES string of the molecule is COc1ccc(S(=O)(=O)N2C(=O)C(OC(=O)Oc3ccccc3)(c3ccccc3C(F)(F)F)c3cc(Cl)ccc32)c(OC)c1. The molecule has 1 heterocycles. The fourth-order valence-corrected chi connectivity index (χ4v) is 6.61. The quantitative estimate of drug-likeness (QED) is 0.164. The number of nitrogens with zero attached hydrogens (tertiary/aromatic N) is 1. The Morgan fingerprint density at radius 2 is 1.52 bits per heavy atom. The van der Waals surface area contributed by atoms with Crippen LogP contribution in [0.15, 0.2) is 95.9 Å². The Kier molecular flexibility index (Phi) is 7.95. The molecule has 0 fully saturated rings. The topological polar surface area (TPSA) is 108 Å². The van der Waals surface area contributed by atoms with E-state index in [-0.39, 0.29) is 26.6 Å². The van der Waals surface area contributed by atoms with Crippen LogP contribution in [0, 0.1) is 0 Å². The van der Waals surface area contributed by atoms with Crippen LogP contribution in [0.4, 0.5) is 23.7 Å². The fourth-order valence-electron chi connectivity index (χ4n) is 4.84. The van der Waals surface area contributed by atoms with Crippen LogP contribution in [0.25, 0.3) is 0 Å². The van der Waals surface area contributed by atoms with Crippen LogP contribution in [-0.2, 0) is 31.3 Å². The van der Waals surface area contributed by atoms with Gasteiger partial charge in [-0.2, -0.15) is 17.5 Å². The molecular formula is C30H21ClF3NO8S. The molecule has 4 aromatic rings. The zero-order chi connectivity index (χ0) is 31.9. The van der Waals surface area contributed by atoms with E-state index in [1.54, 1.807) is 6.07 Å². The van der Waals surface area contributed by atoms with Crippen molar-refractivity contribution >= 4 is 39.4 Å². The number of alkyl halides is 3. The van der Waals surface area contributed by atoms with Crippen LogP contribution in [0.5, 0.6) is 17.2 Å². The summed E-state index contributed by atoms with van der Waals surface area (Å²) in [7, 11) is -2.44. The third kappa shape index (κ3) is 5.18. The van der Waals surface area contributed by atoms with Gasteiger partial charge in [0.25, 0.3) is 15.9 Å². The third-order valence-electron chi connectivity index (χ3n) is 6.72. The van der Waals surface area contributed by atoms with Crippen molar-refractivity contribution in [1.29, 1.82) is 0 Å². The van der Waals surface area contributed by atoms with E-state index < -0.39 is 61.1 Å². The molecule has 4 aromatic carbocycles. The summed E-state index contributed by atoms with van der Waals surface area (Å²) in [6, 6.07) is 18.3. The standard InChI is InChI=1S/C30H21ClF3NO8S/c1-40-20-13-15-26(25(17-20)41-2)44(38,39)35-24-14-12-18(31)16-23(24)29(27(35)36,21-10-6-7-11-22(21)30(32,33)34)43-28(37)42-19-8-4-3-5-9-19/h3-17H,1-2H3. The maximum atomic E-state index is 14.5. The number of ether oxygens (including phenoxy) is 4. The second-order valence-electron chi connectivity index (χ2n) is 9.24. The molecule has 1 amide bonds. The fraction of sp³-hybridized carbons (Fsp3) is 0.133. The highest BCUT2D eigenvalue weighted by atomic mass is 35.5. The zero-order valence-electron chi connectivity index (χ0n) is 22.8. The predicted octanol–water partition coefficient (Wildman–Crippen LogP) is 6.57. The summed E-state index contributed by atoms with van der Waals surface area (Å²) in [5.74, 6) is -1.62. The summed E-state index contributed by atoms with van der Waals surface area (Å²) < 4.78 is 93.1. The first-order chi connectivity index (χ1) is 20.8. The Morgan fingerprint density at radius 1 is 0.841 bits per heavy atom. The number of benzene rings is 4. The highest BCUT2D eigenvalue weighted by Crippen LogP contribution is 2.53. The van der Waals surface area contributed by atoms with Gasteiger partial charge in [-0.1, -0.05) is 48.0 Å². The van der Waals surface area contributed by atoms with Crippen LogP contribution in [0.3, 0.4) is 0 Å². The van der Waals surface area contributed by atoms with Crippen molar-refractivity contribution in [3.8, 4) is 17.2 Å². The van der Waals surface area contributed by atoms with Crippen LogP contribution in [-0.4, -0.2) is 34.7 Å². The molecule has 9 nitrogen and oxygen atoms in total. The molecule has 44 heavy (non-hydrogen) atoms. The lowest BCUT2D eigenvalue weighted by molar-refractivity contribution is -0.143. The Balaban J connectivity index is 1.79. The lowest BCUT2D eigenvalue weighted by Crippen LogP contribution is -2.48. The van der Waals surface area contributed by atoms with Gasteiger partial charge in [0.05, 0.1) is 25.5 Å². The highest BCUT2D eigenvalue weighted by Gasteiger charge is 2.62. The van der Waals surface area contributed by atoms with Crippen LogP contribution in [0.1, 0.15) is 16.7 Å². The van der Waals surface area contributed by atoms with Gasteiger partial charge in [-0.05, 0) is 48.5 Å². The van der Waals surface area contributed by atoms with Gasteiger partial charge in [0.2, 0.25) is 5.60 Å². The van der Waals surface area contributed by atoms with Crippen LogP contribution in [0.2, 0.25) is 5.02 Å². The Hall–Kier alpha value is -4.75. The van der Waals surface area contributed by atoms with Gasteiger partial charge in [-0.25, -0.2) is 13.2 Å². The predicted molar refractivity (Wildman–Crippen MR) is 151 cm³/mol. The second-order valence-corrected chi connectivity index (χ2v) is 11.4. The molecule has 0 bridgehead atoms. The molecule has 1 atom stereocenters. The minimum atomic E-state index is -5.07. The van der Waals surface area contributed by atoms with Gasteiger partial charge in [-0.3, -0.25) is 4.79 Å². The summed E-state index contributed by atoms with van der Waals surface area (Å²) in [6.07, 6.45) is -6.66. The monoisotopic (exact) mass is 647 g/mol. The first-order valence-electron chi connectivity index (χ1n) is 12.6. The summed E-state index contributed by atoms with van der Waals surface area (Å²) in [5, 5.41) is -0.0910. The number of amides is 1. The number of hydrogen-bond acceptors (Lipinski definition) is 8. The average molecular weight is 648 g/mol. The van der Waals surface area contributed by atoms with E-state index in [0.717, 1.165) is 30.3 Å². The number of sulfonamides is 1. The molecule has 0 aromatic heterocycles. The maximum absolute atomic E-state index is 14.5. The van der Waals surface area contributed by atoms with E-state index in [0.29, 0.717) is 6.07 Å². The highest BCUT2D eigenvalue weighted by molar-refractivity contribution is 7.93. The Bertz CT molecular complexity index is 1870. The zero-order valence-corrected chi connectivity index (χ0v) is 24.4. The van der Waals surface area contributed by atoms with E-state index in [2.05, 4.69) is 0 Å². The number of para-hydroxylation sites is 1. The molecule has 5 rings (SSSR count). The maximum Gasteiger partial charge on any atom is 0.515 e. The lowest BCUT2D eigenvalue weighted by atomic mass is 9.84. The molecule has 1 unspecified atom stereocenters. The molecule has 0 saturated carbocycles. The van der Waals surface area contributed by atoms with Crippen molar-refractivity contribution < 1.29 is 50.1 Å². The third-order valence-corrected chi connectivity index (χ3v) is 8.70. The number of fused-ring (bicyclic) bond motifs is 1. The first-order valence-corrected chi connectivity index (χ1v) is 14.4. The number of hydrogen-bond donors (Lipinski definition) is 0. The molecule has 0 spiro atoms. The molecule has 0 saturated heterocycles. The van der Waals surface area contributed by atoms with Gasteiger partial charge in [-0.15, -0.1) is 0 Å². The van der Waals surface area contributed by atoms with Crippen molar-refractivity contribution in [1.82, 2.24) is 0 Å². The Labute approximate surface area is 254 Å². The smallest absolute Gasteiger partial charge is 0.497 e. The number of halogens is 4. The van der Waals surface area contributed by atoms with Crippen molar-refractivity contribution in [2.75, 3.05) is 18.5 Å². The van der Waals surface area contributed by atoms with Crippen molar-refractivity contribution in [3.05, 3.63) is 113 Å². The van der Waals surface area contributed by atoms with E-state index >= 15 is 0 Å². The summed E-state index contributed by atoms with van der Waals surface area (Å²) in [5.41, 5.74) is -6.13. The van der Waals surface area contributed by atoms with Gasteiger partial charge in [0.1, 0.15) is 22.1 Å². The summed E-state index contributed by atoms with van der Waals surface area (Å²) >= 11 is 6.23. The number of methoxy groups -OCH3 is 2. The minimum Gasteiger partial charge on any atom is -0.497 e. The molecular weight excluding hydrogens is 627 g/mol. The number of anilines is 1. The summed E-state index contributed by atoms with van der Waals surface area (Å²) in [4.78, 5) is 27.3. The minimum absolute atomic E-state index is 0.0547. The molecule has 14 heteroatoms. The number of carbonyl (C=O) groups excluding carboxylic acids is 2. The molecule has 228 valence electrons. The van der Waals surface area contributed by atoms with Crippen LogP contribution >= 0.6 is 11.6 Å². The van der Waals surface area contributed by atoms with Crippen molar-refractivity contribution in [2.45, 2.75) is 16.7 Å². The summed E-state index contributed by atoms with van der Waals surface area (Å²) in [6.45, 7) is 0. The van der Waals surface area contributed by atoms with Crippen LogP contribution < -0.4 is 18.5 Å². The first kappa shape index (κ1) is 30.7. The van der Waals surface area contributed by atoms with E-state index in [1.165, 1.54) is 62.8 Å². The molecule has 0 radical (unpaired) electrons. The Morgan fingerprint density at radius 3 is 2.18 bits per heavy atom. The van der Waals surface area contributed by atoms with Crippen molar-refractivity contribution in [3.63, 3.8) is 0 Å². The molecule has 1 aliphatic rings. The number of carbonyl (C=O) groups is 2. The van der Waals surface area contributed by atoms with E-state index in [4.69, 9.17) is 30.5 Å². The van der Waals surface area contributed by atoms with Gasteiger partial charge in [0.15, 0.2) is 0 Å². The molecule has 0 aliphatic carbocycles. The van der Waals surface area contributed by atoms with Gasteiger partial charge in [0, 0.05) is 22.2 Å². The van der Waals surface area contributed by atoms with E-state index in [1.807, 2.05) is 0 Å². The van der Waals surface area contributed by atoms with E-state index in [9.17, 15) is 31.2 Å². The van der Waals surface area contributed by atoms with Crippen molar-refractivity contribution in [2.24, 2.45) is 0 Å². The largest absolute Gasteiger partial charge is 0.515 e. The number of rotatable bonds is 7. The molecule has 1 aliphatic heterocycles. The molecule has 0 N–H and O–H groups in total. The average Bonchev–Trinajstić information content (AvgIpc) is 3.24. The normalized spacial score (nSPS) is 16.3. The van der Waals surface area contributed by atoms with Gasteiger partial charge >= 0.3 is 12.3 Å².